The van der Waals surface area contributed by atoms with Crippen molar-refractivity contribution in [1.82, 2.24) is 4.90 Å². The highest BCUT2D eigenvalue weighted by Crippen LogP contribution is 2.51. The predicted molar refractivity (Wildman–Crippen MR) is 103 cm³/mol. The van der Waals surface area contributed by atoms with Crippen LogP contribution in [0.2, 0.25) is 0 Å². The lowest BCUT2D eigenvalue weighted by molar-refractivity contribution is -0.534. The van der Waals surface area contributed by atoms with Crippen molar-refractivity contribution in [2.45, 2.75) is 37.3 Å². The van der Waals surface area contributed by atoms with Crippen LogP contribution in [0.1, 0.15) is 42.4 Å². The van der Waals surface area contributed by atoms with Gasteiger partial charge in [0.15, 0.2) is 5.54 Å². The Hall–Kier alpha value is -2.73. The molecule has 0 saturated carbocycles. The number of anilines is 1. The normalized spacial score (nSPS) is 27.2. The molecule has 0 aliphatic carbocycles. The van der Waals surface area contributed by atoms with E-state index in [1.54, 1.807) is 13.1 Å². The number of nitrogens with zero attached hydrogens (tertiary/aromatic N) is 2. The third kappa shape index (κ3) is 2.40. The van der Waals surface area contributed by atoms with Gasteiger partial charge in [0, 0.05) is 22.7 Å². The van der Waals surface area contributed by atoms with Gasteiger partial charge in [0.1, 0.15) is 0 Å². The van der Waals surface area contributed by atoms with Gasteiger partial charge in [-0.15, -0.1) is 0 Å². The fourth-order valence-electron chi connectivity index (χ4n) is 4.71. The molecule has 0 radical (unpaired) electrons. The van der Waals surface area contributed by atoms with Gasteiger partial charge in [-0.3, -0.25) is 19.8 Å². The highest BCUT2D eigenvalue weighted by atomic mass is 16.6. The number of rotatable bonds is 3. The first kappa shape index (κ1) is 17.7. The number of nitrogens with one attached hydrogen (secondary N) is 1. The van der Waals surface area contributed by atoms with Gasteiger partial charge in [0.2, 0.25) is 0 Å². The van der Waals surface area contributed by atoms with Crippen LogP contribution in [0.5, 0.6) is 0 Å². The number of benzene rings is 2. The van der Waals surface area contributed by atoms with Crippen molar-refractivity contribution in [3.63, 3.8) is 0 Å². The Labute approximate surface area is 158 Å². The zero-order chi connectivity index (χ0) is 19.3. The molecule has 2 aromatic carbocycles. The lowest BCUT2D eigenvalue weighted by Gasteiger charge is -2.30. The lowest BCUT2D eigenvalue weighted by atomic mass is 9.79. The monoisotopic (exact) mass is 365 g/mol. The van der Waals surface area contributed by atoms with Gasteiger partial charge in [-0.1, -0.05) is 56.3 Å². The number of carbonyl (C=O) groups is 1. The third-order valence-electron chi connectivity index (χ3n) is 6.07. The van der Waals surface area contributed by atoms with E-state index in [-0.39, 0.29) is 16.7 Å². The molecule has 140 valence electrons. The Bertz CT molecular complexity index is 909. The number of para-hydroxylation sites is 1. The van der Waals surface area contributed by atoms with Crippen molar-refractivity contribution < 1.29 is 9.72 Å². The molecular weight excluding hydrogens is 342 g/mol. The van der Waals surface area contributed by atoms with E-state index < -0.39 is 11.6 Å². The standard InChI is InChI=1S/C21H23N3O3/c1-13(2)14-8-10-15(11-9-14)16-12-23(3)21(19(16)24(26)27)17-6-4-5-7-18(17)22-20(21)25/h4-11,13,16,19H,12H2,1-3H3,(H,22,25)/t16-,19+,21-/m0/s1. The van der Waals surface area contributed by atoms with Gasteiger partial charge in [-0.25, -0.2) is 0 Å². The molecule has 1 spiro atoms. The maximum atomic E-state index is 13.0. The Kier molecular flexibility index (Phi) is 4.03. The number of hydrogen-bond donors (Lipinski definition) is 1. The highest BCUT2D eigenvalue weighted by Gasteiger charge is 2.68. The first-order valence-corrected chi connectivity index (χ1v) is 9.23. The molecule has 2 aliphatic rings. The quantitative estimate of drug-likeness (QED) is 0.669. The van der Waals surface area contributed by atoms with Crippen LogP contribution in [0.4, 0.5) is 5.69 Å². The van der Waals surface area contributed by atoms with E-state index in [4.69, 9.17) is 0 Å². The Morgan fingerprint density at radius 3 is 2.48 bits per heavy atom. The van der Waals surface area contributed by atoms with Crippen molar-refractivity contribution in [3.05, 3.63) is 75.3 Å². The molecule has 2 aliphatic heterocycles. The molecule has 4 rings (SSSR count). The van der Waals surface area contributed by atoms with Gasteiger partial charge >= 0.3 is 0 Å². The molecule has 6 nitrogen and oxygen atoms in total. The molecule has 2 aromatic rings. The second-order valence-corrected chi connectivity index (χ2v) is 7.80. The molecule has 1 saturated heterocycles. The Morgan fingerprint density at radius 2 is 1.85 bits per heavy atom. The molecule has 27 heavy (non-hydrogen) atoms. The SMILES string of the molecule is CC(C)c1ccc([C@@H]2CN(C)[C@]3(C(=O)Nc4ccccc43)[C@@H]2[N+](=O)[O-])cc1. The molecule has 1 amide bonds. The van der Waals surface area contributed by atoms with Crippen molar-refractivity contribution >= 4 is 11.6 Å². The Morgan fingerprint density at radius 1 is 1.19 bits per heavy atom. The van der Waals surface area contributed by atoms with Crippen LogP contribution < -0.4 is 5.32 Å². The van der Waals surface area contributed by atoms with Crippen LogP contribution >= 0.6 is 0 Å². The summed E-state index contributed by atoms with van der Waals surface area (Å²) < 4.78 is 0. The summed E-state index contributed by atoms with van der Waals surface area (Å²) in [4.78, 5) is 26.8. The van der Waals surface area contributed by atoms with Crippen LogP contribution in [0, 0.1) is 10.1 Å². The van der Waals surface area contributed by atoms with E-state index in [0.29, 0.717) is 23.7 Å². The summed E-state index contributed by atoms with van der Waals surface area (Å²) >= 11 is 0. The smallest absolute Gasteiger partial charge is 0.256 e. The second kappa shape index (κ2) is 6.16. The molecular formula is C21H23N3O3. The minimum atomic E-state index is -1.28. The predicted octanol–water partition coefficient (Wildman–Crippen LogP) is 3.33. The largest absolute Gasteiger partial charge is 0.324 e. The van der Waals surface area contributed by atoms with Crippen molar-refractivity contribution in [3.8, 4) is 0 Å². The van der Waals surface area contributed by atoms with Crippen LogP contribution in [0.3, 0.4) is 0 Å². The van der Waals surface area contributed by atoms with Gasteiger partial charge in [-0.2, -0.15) is 0 Å². The topological polar surface area (TPSA) is 75.5 Å². The van der Waals surface area contributed by atoms with Crippen LogP contribution in [0.25, 0.3) is 0 Å². The summed E-state index contributed by atoms with van der Waals surface area (Å²) in [6.45, 7) is 4.69. The third-order valence-corrected chi connectivity index (χ3v) is 6.07. The zero-order valence-electron chi connectivity index (χ0n) is 15.7. The van der Waals surface area contributed by atoms with Gasteiger partial charge in [0.25, 0.3) is 11.9 Å². The molecule has 2 heterocycles. The summed E-state index contributed by atoms with van der Waals surface area (Å²) in [6.07, 6.45) is 0. The fourth-order valence-corrected chi connectivity index (χ4v) is 4.71. The van der Waals surface area contributed by atoms with E-state index in [2.05, 4.69) is 19.2 Å². The van der Waals surface area contributed by atoms with Gasteiger partial charge in [-0.05, 0) is 30.2 Å². The molecule has 1 fully saturated rings. The van der Waals surface area contributed by atoms with Crippen molar-refractivity contribution in [1.29, 1.82) is 0 Å². The number of likely N-dealkylation sites (tertiary alicyclic amines) is 1. The zero-order valence-corrected chi connectivity index (χ0v) is 15.7. The van der Waals surface area contributed by atoms with Crippen LogP contribution in [-0.4, -0.2) is 35.4 Å². The average molecular weight is 365 g/mol. The number of carbonyl (C=O) groups excluding carboxylic acids is 1. The highest BCUT2D eigenvalue weighted by molar-refractivity contribution is 6.06. The molecule has 0 bridgehead atoms. The maximum Gasteiger partial charge on any atom is 0.256 e. The lowest BCUT2D eigenvalue weighted by Crippen LogP contribution is -2.54. The minimum absolute atomic E-state index is 0.272. The van der Waals surface area contributed by atoms with Gasteiger partial charge in [0.05, 0.1) is 5.92 Å². The van der Waals surface area contributed by atoms with E-state index in [1.165, 1.54) is 5.56 Å². The number of hydrogen-bond acceptors (Lipinski definition) is 4. The number of amides is 1. The first-order chi connectivity index (χ1) is 12.9. The van der Waals surface area contributed by atoms with Crippen LogP contribution in [-0.2, 0) is 10.3 Å². The molecule has 3 atom stereocenters. The number of nitro groups is 1. The summed E-state index contributed by atoms with van der Waals surface area (Å²) in [6, 6.07) is 14.3. The van der Waals surface area contributed by atoms with Crippen molar-refractivity contribution in [2.75, 3.05) is 18.9 Å². The van der Waals surface area contributed by atoms with Crippen molar-refractivity contribution in [2.24, 2.45) is 0 Å². The van der Waals surface area contributed by atoms with Crippen LogP contribution in [0.15, 0.2) is 48.5 Å². The average Bonchev–Trinajstić information content (AvgIpc) is 3.11. The Balaban J connectivity index is 1.84. The number of likely N-dealkylation sites (N-methyl/N-ethyl adjacent to an activating group) is 1. The number of fused-ring (bicyclic) bond motifs is 2. The molecule has 0 aromatic heterocycles. The first-order valence-electron chi connectivity index (χ1n) is 9.23. The summed E-state index contributed by atoms with van der Waals surface area (Å²) in [7, 11) is 1.81. The van der Waals surface area contributed by atoms with E-state index >= 15 is 0 Å². The fraction of sp³-hybridized carbons (Fsp3) is 0.381. The maximum absolute atomic E-state index is 13.0. The summed E-state index contributed by atoms with van der Waals surface area (Å²) in [5.41, 5.74) is 2.18. The van der Waals surface area contributed by atoms with E-state index in [1.807, 2.05) is 47.4 Å². The summed E-state index contributed by atoms with van der Waals surface area (Å²) in [5.74, 6) is -0.271. The van der Waals surface area contributed by atoms with Gasteiger partial charge < -0.3 is 5.32 Å². The van der Waals surface area contributed by atoms with E-state index in [0.717, 1.165) is 5.56 Å². The molecule has 0 unspecified atom stereocenters. The minimum Gasteiger partial charge on any atom is -0.324 e. The van der Waals surface area contributed by atoms with E-state index in [9.17, 15) is 14.9 Å². The second-order valence-electron chi connectivity index (χ2n) is 7.80. The molecule has 1 N–H and O–H groups in total. The summed E-state index contributed by atoms with van der Waals surface area (Å²) in [5, 5.41) is 15.1. The molecule has 6 heteroatoms.